The van der Waals surface area contributed by atoms with Gasteiger partial charge in [0.15, 0.2) is 6.29 Å². The molecule has 0 saturated heterocycles. The number of halogens is 1. The molecule has 0 aliphatic carbocycles. The van der Waals surface area contributed by atoms with E-state index in [1.54, 1.807) is 23.1 Å². The first-order chi connectivity index (χ1) is 8.74. The molecule has 6 nitrogen and oxygen atoms in total. The number of pyridine rings is 1. The van der Waals surface area contributed by atoms with Gasteiger partial charge in [0.1, 0.15) is 11.3 Å². The van der Waals surface area contributed by atoms with Crippen molar-refractivity contribution >= 4 is 23.5 Å². The number of fused-ring (bicyclic) bond motifs is 1. The molecule has 0 saturated carbocycles. The monoisotopic (exact) mass is 261 g/mol. The zero-order chi connectivity index (χ0) is 12.5. The molecular formula is C11H8ClN5O. The number of carbonyl (C=O) groups is 1. The molecule has 0 aromatic carbocycles. The average molecular weight is 262 g/mol. The fourth-order valence-electron chi connectivity index (χ4n) is 1.70. The zero-order valence-corrected chi connectivity index (χ0v) is 9.95. The normalized spacial score (nSPS) is 10.9. The van der Waals surface area contributed by atoms with Crippen LogP contribution in [0, 0.1) is 0 Å². The quantitative estimate of drug-likeness (QED) is 0.669. The summed E-state index contributed by atoms with van der Waals surface area (Å²) in [5.41, 5.74) is 1.94. The molecule has 0 unspecified atom stereocenters. The number of aldehydes is 1. The molecule has 0 fully saturated rings. The molecule has 3 heterocycles. The predicted molar refractivity (Wildman–Crippen MR) is 64.7 cm³/mol. The van der Waals surface area contributed by atoms with Gasteiger partial charge in [0.2, 0.25) is 0 Å². The van der Waals surface area contributed by atoms with Crippen LogP contribution in [0.25, 0.3) is 5.65 Å². The zero-order valence-electron chi connectivity index (χ0n) is 9.19. The minimum absolute atomic E-state index is 0.307. The van der Waals surface area contributed by atoms with Crippen molar-refractivity contribution in [3.8, 4) is 0 Å². The van der Waals surface area contributed by atoms with Gasteiger partial charge in [-0.1, -0.05) is 16.8 Å². The van der Waals surface area contributed by atoms with Crippen LogP contribution in [0.1, 0.15) is 16.2 Å². The second kappa shape index (κ2) is 4.23. The lowest BCUT2D eigenvalue weighted by Crippen LogP contribution is -2.00. The molecule has 18 heavy (non-hydrogen) atoms. The van der Waals surface area contributed by atoms with E-state index >= 15 is 0 Å². The number of hydrogen-bond donors (Lipinski definition) is 0. The molecule has 0 radical (unpaired) electrons. The summed E-state index contributed by atoms with van der Waals surface area (Å²) in [6.07, 6.45) is 5.88. The van der Waals surface area contributed by atoms with Crippen molar-refractivity contribution in [2.24, 2.45) is 0 Å². The fourth-order valence-corrected chi connectivity index (χ4v) is 1.87. The molecule has 0 spiro atoms. The Morgan fingerprint density at radius 3 is 2.94 bits per heavy atom. The van der Waals surface area contributed by atoms with Crippen LogP contribution in [-0.4, -0.2) is 30.7 Å². The van der Waals surface area contributed by atoms with E-state index in [2.05, 4.69) is 15.3 Å². The van der Waals surface area contributed by atoms with Gasteiger partial charge in [-0.3, -0.25) is 4.79 Å². The summed E-state index contributed by atoms with van der Waals surface area (Å²) in [6.45, 7) is 0.458. The number of hydrogen-bond acceptors (Lipinski definition) is 4. The van der Waals surface area contributed by atoms with Gasteiger partial charge < -0.3 is 4.40 Å². The summed E-state index contributed by atoms with van der Waals surface area (Å²) in [5.74, 6) is 0. The Hall–Kier alpha value is -2.21. The molecule has 0 atom stereocenters. The van der Waals surface area contributed by atoms with Crippen molar-refractivity contribution in [2.45, 2.75) is 6.54 Å². The number of imidazole rings is 1. The first kappa shape index (κ1) is 10.9. The lowest BCUT2D eigenvalue weighted by Gasteiger charge is -1.93. The number of nitrogens with zero attached hydrogens (tertiary/aromatic N) is 5. The van der Waals surface area contributed by atoms with E-state index in [1.165, 1.54) is 0 Å². The van der Waals surface area contributed by atoms with Gasteiger partial charge in [0, 0.05) is 12.4 Å². The molecule has 0 N–H and O–H groups in total. The molecule has 0 aliphatic heterocycles. The maximum atomic E-state index is 10.5. The Morgan fingerprint density at radius 2 is 2.17 bits per heavy atom. The summed E-state index contributed by atoms with van der Waals surface area (Å²) in [7, 11) is 0. The highest BCUT2D eigenvalue weighted by atomic mass is 35.5. The van der Waals surface area contributed by atoms with Crippen molar-refractivity contribution in [1.82, 2.24) is 24.4 Å². The Morgan fingerprint density at radius 1 is 1.28 bits per heavy atom. The summed E-state index contributed by atoms with van der Waals surface area (Å²) < 4.78 is 3.41. The minimum atomic E-state index is 0.307. The van der Waals surface area contributed by atoms with Crippen LogP contribution in [0.3, 0.4) is 0 Å². The minimum Gasteiger partial charge on any atom is -0.305 e. The molecular weight excluding hydrogens is 254 g/mol. The van der Waals surface area contributed by atoms with E-state index in [-0.39, 0.29) is 0 Å². The first-order valence-corrected chi connectivity index (χ1v) is 5.61. The van der Waals surface area contributed by atoms with E-state index in [0.717, 1.165) is 11.3 Å². The lowest BCUT2D eigenvalue weighted by atomic mass is 10.4. The first-order valence-electron chi connectivity index (χ1n) is 5.23. The third kappa shape index (κ3) is 1.98. The average Bonchev–Trinajstić information content (AvgIpc) is 2.95. The fraction of sp³-hybridized carbons (Fsp3) is 0.0909. The third-order valence-corrected chi connectivity index (χ3v) is 2.69. The summed E-state index contributed by atoms with van der Waals surface area (Å²) in [6, 6.07) is 3.62. The highest BCUT2D eigenvalue weighted by Gasteiger charge is 2.05. The number of aromatic nitrogens is 5. The van der Waals surface area contributed by atoms with Crippen molar-refractivity contribution in [2.75, 3.05) is 0 Å². The maximum Gasteiger partial charge on any atom is 0.171 e. The van der Waals surface area contributed by atoms with Gasteiger partial charge >= 0.3 is 0 Å². The molecule has 90 valence electrons. The van der Waals surface area contributed by atoms with E-state index in [4.69, 9.17) is 11.6 Å². The Balaban J connectivity index is 1.92. The summed E-state index contributed by atoms with van der Waals surface area (Å²) >= 11 is 5.90. The highest BCUT2D eigenvalue weighted by Crippen LogP contribution is 2.12. The second-order valence-corrected chi connectivity index (χ2v) is 4.24. The van der Waals surface area contributed by atoms with Gasteiger partial charge in [-0.05, 0) is 12.1 Å². The largest absolute Gasteiger partial charge is 0.305 e. The molecule has 3 aromatic rings. The predicted octanol–water partition coefficient (Wildman–Crippen LogP) is 1.44. The van der Waals surface area contributed by atoms with E-state index in [0.29, 0.717) is 23.5 Å². The smallest absolute Gasteiger partial charge is 0.171 e. The van der Waals surface area contributed by atoms with Crippen LogP contribution in [0.5, 0.6) is 0 Å². The van der Waals surface area contributed by atoms with Crippen molar-refractivity contribution < 1.29 is 4.79 Å². The summed E-state index contributed by atoms with van der Waals surface area (Å²) in [4.78, 5) is 14.9. The Bertz CT molecular complexity index is 717. The number of rotatable bonds is 3. The van der Waals surface area contributed by atoms with Gasteiger partial charge in [0.25, 0.3) is 0 Å². The Labute approximate surface area is 107 Å². The van der Waals surface area contributed by atoms with Crippen LogP contribution in [0.2, 0.25) is 5.02 Å². The molecule has 3 aromatic heterocycles. The topological polar surface area (TPSA) is 65.1 Å². The van der Waals surface area contributed by atoms with Crippen LogP contribution >= 0.6 is 11.6 Å². The van der Waals surface area contributed by atoms with E-state index < -0.39 is 0 Å². The molecule has 0 amide bonds. The summed E-state index contributed by atoms with van der Waals surface area (Å²) in [5, 5.41) is 8.17. The maximum absolute atomic E-state index is 10.5. The molecule has 0 bridgehead atoms. The molecule has 3 rings (SSSR count). The molecule has 7 heteroatoms. The lowest BCUT2D eigenvalue weighted by molar-refractivity contribution is 0.111. The highest BCUT2D eigenvalue weighted by molar-refractivity contribution is 6.30. The van der Waals surface area contributed by atoms with E-state index in [9.17, 15) is 4.79 Å². The standard InChI is InChI=1S/C11H8ClN5O/c12-8-1-2-11-13-9(4-16(11)3-8)5-17-6-10(7-18)14-15-17/h1-4,6-7H,5H2. The number of carbonyl (C=O) groups excluding carboxylic acids is 1. The van der Waals surface area contributed by atoms with Crippen molar-refractivity contribution in [3.05, 3.63) is 47.1 Å². The van der Waals surface area contributed by atoms with Crippen molar-refractivity contribution in [1.29, 1.82) is 0 Å². The Kier molecular flexibility index (Phi) is 2.56. The SMILES string of the molecule is O=Cc1cn(Cc2cn3cc(Cl)ccc3n2)nn1. The van der Waals surface area contributed by atoms with Gasteiger partial charge in [-0.2, -0.15) is 0 Å². The van der Waals surface area contributed by atoms with Crippen LogP contribution < -0.4 is 0 Å². The second-order valence-electron chi connectivity index (χ2n) is 3.80. The van der Waals surface area contributed by atoms with Crippen LogP contribution in [0.15, 0.2) is 30.7 Å². The molecule has 0 aliphatic rings. The van der Waals surface area contributed by atoms with Gasteiger partial charge in [0.05, 0.1) is 23.5 Å². The van der Waals surface area contributed by atoms with E-state index in [1.807, 2.05) is 16.7 Å². The van der Waals surface area contributed by atoms with Gasteiger partial charge in [-0.15, -0.1) is 5.10 Å². The third-order valence-electron chi connectivity index (χ3n) is 2.47. The van der Waals surface area contributed by atoms with Crippen molar-refractivity contribution in [3.63, 3.8) is 0 Å². The van der Waals surface area contributed by atoms with Crippen LogP contribution in [0.4, 0.5) is 0 Å². The van der Waals surface area contributed by atoms with Gasteiger partial charge in [-0.25, -0.2) is 9.67 Å². The van der Waals surface area contributed by atoms with Crippen LogP contribution in [-0.2, 0) is 6.54 Å².